The highest BCUT2D eigenvalue weighted by molar-refractivity contribution is 5.98. The SMILES string of the molecule is Cc1cccc(F)c1C(=O)N1CCC[C@H](C(=O)Nc2ccc(C=O)c(C(F)(F)F)c2)C1c1ccc(NC2CCCC2)cc1. The standard InChI is InChI=1S/C33H33F4N3O3/c1-20-6-4-10-28(34)29(20)32(43)40-17-5-9-26(30(40)21-11-14-24(15-12-21)38-23-7-2-3-8-23)31(42)39-25-16-13-22(19-41)27(18-25)33(35,36)37/h4,6,10-16,18-19,23,26,30,38H,2-3,5,7-9,17H2,1H3,(H,39,42)/t26-,30?/m0/s1. The van der Waals surface area contributed by atoms with E-state index in [0.717, 1.165) is 30.7 Å². The highest BCUT2D eigenvalue weighted by Gasteiger charge is 2.41. The maximum Gasteiger partial charge on any atom is 0.417 e. The maximum atomic E-state index is 14.9. The summed E-state index contributed by atoms with van der Waals surface area (Å²) in [4.78, 5) is 40.3. The Morgan fingerprint density at radius 1 is 0.930 bits per heavy atom. The molecular formula is C33H33F4N3O3. The normalized spacial score (nSPS) is 19.2. The molecule has 0 radical (unpaired) electrons. The van der Waals surface area contributed by atoms with Gasteiger partial charge in [-0.3, -0.25) is 14.4 Å². The predicted molar refractivity (Wildman–Crippen MR) is 155 cm³/mol. The monoisotopic (exact) mass is 595 g/mol. The average molecular weight is 596 g/mol. The lowest BCUT2D eigenvalue weighted by Crippen LogP contribution is -2.46. The molecule has 226 valence electrons. The van der Waals surface area contributed by atoms with E-state index in [9.17, 15) is 31.9 Å². The lowest BCUT2D eigenvalue weighted by Gasteiger charge is -2.41. The van der Waals surface area contributed by atoms with Crippen molar-refractivity contribution in [2.75, 3.05) is 17.2 Å². The third-order valence-corrected chi connectivity index (χ3v) is 8.40. The summed E-state index contributed by atoms with van der Waals surface area (Å²) in [6, 6.07) is 14.4. The molecule has 2 fully saturated rings. The summed E-state index contributed by atoms with van der Waals surface area (Å²) < 4.78 is 55.6. The summed E-state index contributed by atoms with van der Waals surface area (Å²) in [5.41, 5.74) is 0.138. The van der Waals surface area contributed by atoms with Crippen LogP contribution in [0.15, 0.2) is 60.7 Å². The van der Waals surface area contributed by atoms with Crippen LogP contribution >= 0.6 is 0 Å². The van der Waals surface area contributed by atoms with Crippen molar-refractivity contribution in [3.63, 3.8) is 0 Å². The lowest BCUT2D eigenvalue weighted by atomic mass is 9.83. The molecule has 10 heteroatoms. The van der Waals surface area contributed by atoms with E-state index >= 15 is 0 Å². The Hall–Kier alpha value is -4.21. The number of aldehydes is 1. The zero-order valence-electron chi connectivity index (χ0n) is 23.7. The van der Waals surface area contributed by atoms with Gasteiger partial charge in [0.05, 0.1) is 23.1 Å². The van der Waals surface area contributed by atoms with Gasteiger partial charge in [-0.2, -0.15) is 13.2 Å². The highest BCUT2D eigenvalue weighted by Crippen LogP contribution is 2.40. The van der Waals surface area contributed by atoms with Crippen molar-refractivity contribution in [3.8, 4) is 0 Å². The van der Waals surface area contributed by atoms with Gasteiger partial charge in [-0.05, 0) is 80.1 Å². The Balaban J connectivity index is 1.48. The van der Waals surface area contributed by atoms with Crippen LogP contribution in [-0.2, 0) is 11.0 Å². The smallest absolute Gasteiger partial charge is 0.382 e. The number of alkyl halides is 3. The average Bonchev–Trinajstić information content (AvgIpc) is 3.49. The molecule has 3 aromatic rings. The van der Waals surface area contributed by atoms with Crippen molar-refractivity contribution in [2.45, 2.75) is 63.7 Å². The number of halogens is 4. The van der Waals surface area contributed by atoms with Crippen molar-refractivity contribution in [2.24, 2.45) is 5.92 Å². The zero-order valence-corrected chi connectivity index (χ0v) is 23.7. The summed E-state index contributed by atoms with van der Waals surface area (Å²) >= 11 is 0. The Labute approximate surface area is 247 Å². The molecular weight excluding hydrogens is 562 g/mol. The molecule has 1 aliphatic heterocycles. The van der Waals surface area contributed by atoms with Crippen LogP contribution in [0.1, 0.15) is 82.0 Å². The second-order valence-corrected chi connectivity index (χ2v) is 11.3. The molecule has 2 atom stereocenters. The first-order chi connectivity index (χ1) is 20.6. The van der Waals surface area contributed by atoms with E-state index in [-0.39, 0.29) is 24.1 Å². The molecule has 2 aliphatic rings. The van der Waals surface area contributed by atoms with Gasteiger partial charge in [0, 0.05) is 29.5 Å². The number of amides is 2. The van der Waals surface area contributed by atoms with Crippen LogP contribution in [0.25, 0.3) is 0 Å². The van der Waals surface area contributed by atoms with Crippen molar-refractivity contribution < 1.29 is 31.9 Å². The summed E-state index contributed by atoms with van der Waals surface area (Å²) in [5, 5.41) is 6.09. The van der Waals surface area contributed by atoms with Crippen LogP contribution in [0.5, 0.6) is 0 Å². The van der Waals surface area contributed by atoms with Gasteiger partial charge in [-0.1, -0.05) is 37.1 Å². The van der Waals surface area contributed by atoms with Crippen LogP contribution in [0.4, 0.5) is 28.9 Å². The Kier molecular flexibility index (Phi) is 8.84. The predicted octanol–water partition coefficient (Wildman–Crippen LogP) is 7.55. The molecule has 0 aromatic heterocycles. The van der Waals surface area contributed by atoms with Crippen molar-refractivity contribution in [3.05, 3.63) is 94.3 Å². The first-order valence-electron chi connectivity index (χ1n) is 14.5. The summed E-state index contributed by atoms with van der Waals surface area (Å²) in [6.07, 6.45) is 0.628. The van der Waals surface area contributed by atoms with Crippen molar-refractivity contribution in [1.82, 2.24) is 4.90 Å². The second kappa shape index (κ2) is 12.6. The van der Waals surface area contributed by atoms with E-state index in [4.69, 9.17) is 0 Å². The van der Waals surface area contributed by atoms with Gasteiger partial charge >= 0.3 is 6.18 Å². The summed E-state index contributed by atoms with van der Waals surface area (Å²) in [5.74, 6) is -2.63. The van der Waals surface area contributed by atoms with Crippen LogP contribution in [0.3, 0.4) is 0 Å². The molecule has 6 nitrogen and oxygen atoms in total. The number of nitrogens with one attached hydrogen (secondary N) is 2. The van der Waals surface area contributed by atoms with Crippen molar-refractivity contribution >= 4 is 29.5 Å². The first-order valence-corrected chi connectivity index (χ1v) is 14.5. The molecule has 3 aromatic carbocycles. The lowest BCUT2D eigenvalue weighted by molar-refractivity contribution is -0.137. The maximum absolute atomic E-state index is 14.9. The molecule has 1 heterocycles. The van der Waals surface area contributed by atoms with E-state index in [1.54, 1.807) is 13.0 Å². The molecule has 43 heavy (non-hydrogen) atoms. The van der Waals surface area contributed by atoms with Gasteiger partial charge in [0.15, 0.2) is 6.29 Å². The Bertz CT molecular complexity index is 1480. The largest absolute Gasteiger partial charge is 0.417 e. The fraction of sp³-hybridized carbons (Fsp3) is 0.364. The van der Waals surface area contributed by atoms with E-state index in [0.29, 0.717) is 30.0 Å². The number of carbonyl (C=O) groups excluding carboxylic acids is 3. The minimum absolute atomic E-state index is 0.0765. The van der Waals surface area contributed by atoms with Gasteiger partial charge in [-0.25, -0.2) is 4.39 Å². The Morgan fingerprint density at radius 3 is 2.28 bits per heavy atom. The minimum atomic E-state index is -4.79. The molecule has 1 saturated carbocycles. The molecule has 5 rings (SSSR count). The molecule has 1 saturated heterocycles. The molecule has 2 amide bonds. The number of likely N-dealkylation sites (tertiary alicyclic amines) is 1. The molecule has 0 spiro atoms. The first kappa shape index (κ1) is 30.3. The molecule has 2 N–H and O–H groups in total. The van der Waals surface area contributed by atoms with Crippen LogP contribution in [-0.4, -0.2) is 35.6 Å². The minimum Gasteiger partial charge on any atom is -0.382 e. The third kappa shape index (κ3) is 6.58. The van der Waals surface area contributed by atoms with Gasteiger partial charge in [-0.15, -0.1) is 0 Å². The number of hydrogen-bond donors (Lipinski definition) is 2. The van der Waals surface area contributed by atoms with Gasteiger partial charge < -0.3 is 15.5 Å². The van der Waals surface area contributed by atoms with Gasteiger partial charge in [0.25, 0.3) is 5.91 Å². The fourth-order valence-electron chi connectivity index (χ4n) is 6.26. The van der Waals surface area contributed by atoms with Crippen LogP contribution in [0, 0.1) is 18.7 Å². The molecule has 1 aliphatic carbocycles. The zero-order chi connectivity index (χ0) is 30.7. The number of hydrogen-bond acceptors (Lipinski definition) is 4. The topological polar surface area (TPSA) is 78.5 Å². The second-order valence-electron chi connectivity index (χ2n) is 11.3. The van der Waals surface area contributed by atoms with Crippen LogP contribution < -0.4 is 10.6 Å². The third-order valence-electron chi connectivity index (χ3n) is 8.40. The van der Waals surface area contributed by atoms with E-state index in [1.807, 2.05) is 24.3 Å². The summed E-state index contributed by atoms with van der Waals surface area (Å²) in [7, 11) is 0. The quantitative estimate of drug-likeness (QED) is 0.218. The molecule has 1 unspecified atom stereocenters. The number of nitrogens with zero attached hydrogens (tertiary/aromatic N) is 1. The number of aryl methyl sites for hydroxylation is 1. The van der Waals surface area contributed by atoms with Gasteiger partial charge in [0.1, 0.15) is 5.82 Å². The fourth-order valence-corrected chi connectivity index (χ4v) is 6.26. The van der Waals surface area contributed by atoms with Crippen molar-refractivity contribution in [1.29, 1.82) is 0 Å². The highest BCUT2D eigenvalue weighted by atomic mass is 19.4. The van der Waals surface area contributed by atoms with E-state index in [2.05, 4.69) is 10.6 Å². The molecule has 0 bridgehead atoms. The number of benzene rings is 3. The summed E-state index contributed by atoms with van der Waals surface area (Å²) in [6.45, 7) is 1.92. The number of rotatable bonds is 7. The van der Waals surface area contributed by atoms with Gasteiger partial charge in [0.2, 0.25) is 5.91 Å². The number of carbonyl (C=O) groups is 3. The van der Waals surface area contributed by atoms with E-state index < -0.39 is 46.9 Å². The van der Waals surface area contributed by atoms with E-state index in [1.165, 1.54) is 35.9 Å². The Morgan fingerprint density at radius 2 is 1.63 bits per heavy atom. The van der Waals surface area contributed by atoms with Crippen LogP contribution in [0.2, 0.25) is 0 Å². The number of piperidine rings is 1. The number of anilines is 2.